The van der Waals surface area contributed by atoms with Gasteiger partial charge in [0.05, 0.1) is 11.3 Å². The average Bonchev–Trinajstić information content (AvgIpc) is 3.12. The topological polar surface area (TPSA) is 82.1 Å². The number of piperidine rings is 1. The summed E-state index contributed by atoms with van der Waals surface area (Å²) in [6.45, 7) is 1.79. The zero-order valence-corrected chi connectivity index (χ0v) is 13.1. The van der Waals surface area contributed by atoms with Gasteiger partial charge in [0.15, 0.2) is 5.82 Å². The van der Waals surface area contributed by atoms with Gasteiger partial charge in [0.1, 0.15) is 12.4 Å². The van der Waals surface area contributed by atoms with Gasteiger partial charge in [0.2, 0.25) is 5.65 Å². The number of fused-ring (bicyclic) bond motifs is 1. The fourth-order valence-corrected chi connectivity index (χ4v) is 3.21. The molecule has 1 aliphatic rings. The van der Waals surface area contributed by atoms with E-state index in [1.807, 2.05) is 34.9 Å². The van der Waals surface area contributed by atoms with Gasteiger partial charge in [-0.1, -0.05) is 12.1 Å². The van der Waals surface area contributed by atoms with Crippen molar-refractivity contribution in [2.45, 2.75) is 18.9 Å². The van der Waals surface area contributed by atoms with Gasteiger partial charge < -0.3 is 10.2 Å². The van der Waals surface area contributed by atoms with Crippen molar-refractivity contribution < 1.29 is 0 Å². The maximum absolute atomic E-state index is 9.32. The molecule has 7 heteroatoms. The van der Waals surface area contributed by atoms with Crippen molar-refractivity contribution >= 4 is 17.2 Å². The molecule has 1 atom stereocenters. The Morgan fingerprint density at radius 1 is 1.29 bits per heavy atom. The summed E-state index contributed by atoms with van der Waals surface area (Å²) in [6, 6.07) is 10.3. The van der Waals surface area contributed by atoms with E-state index in [1.54, 1.807) is 12.5 Å². The first kappa shape index (κ1) is 14.5. The van der Waals surface area contributed by atoms with E-state index in [-0.39, 0.29) is 6.04 Å². The number of para-hydroxylation sites is 1. The number of anilines is 2. The Kier molecular flexibility index (Phi) is 3.71. The van der Waals surface area contributed by atoms with E-state index < -0.39 is 0 Å². The zero-order chi connectivity index (χ0) is 16.4. The largest absolute Gasteiger partial charge is 0.368 e. The lowest BCUT2D eigenvalue weighted by atomic mass is 10.0. The van der Waals surface area contributed by atoms with E-state index in [4.69, 9.17) is 0 Å². The molecular formula is C17H17N7. The smallest absolute Gasteiger partial charge is 0.203 e. The number of nitriles is 1. The Morgan fingerprint density at radius 3 is 3.12 bits per heavy atom. The van der Waals surface area contributed by atoms with E-state index >= 15 is 0 Å². The van der Waals surface area contributed by atoms with Crippen molar-refractivity contribution in [2.24, 2.45) is 0 Å². The summed E-state index contributed by atoms with van der Waals surface area (Å²) < 4.78 is 1.85. The average molecular weight is 319 g/mol. The molecule has 0 spiro atoms. The van der Waals surface area contributed by atoms with Crippen LogP contribution in [-0.2, 0) is 0 Å². The van der Waals surface area contributed by atoms with Crippen LogP contribution in [0.4, 0.5) is 11.5 Å². The van der Waals surface area contributed by atoms with Gasteiger partial charge >= 0.3 is 0 Å². The van der Waals surface area contributed by atoms with Crippen LogP contribution in [0.5, 0.6) is 0 Å². The Hall–Kier alpha value is -3.14. The summed E-state index contributed by atoms with van der Waals surface area (Å²) >= 11 is 0. The number of hydrogen-bond donors (Lipinski definition) is 1. The molecule has 1 N–H and O–H groups in total. The van der Waals surface area contributed by atoms with Crippen molar-refractivity contribution in [3.63, 3.8) is 0 Å². The summed E-state index contributed by atoms with van der Waals surface area (Å²) in [5.41, 5.74) is 2.45. The van der Waals surface area contributed by atoms with E-state index in [9.17, 15) is 5.26 Å². The predicted molar refractivity (Wildman–Crippen MR) is 90.8 cm³/mol. The van der Waals surface area contributed by atoms with Crippen LogP contribution in [0.15, 0.2) is 43.0 Å². The highest BCUT2D eigenvalue weighted by Crippen LogP contribution is 2.25. The lowest BCUT2D eigenvalue weighted by Crippen LogP contribution is -2.42. The van der Waals surface area contributed by atoms with E-state index in [0.29, 0.717) is 0 Å². The van der Waals surface area contributed by atoms with Gasteiger partial charge in [0.25, 0.3) is 0 Å². The minimum absolute atomic E-state index is 0.251. The van der Waals surface area contributed by atoms with Crippen molar-refractivity contribution in [3.05, 3.63) is 48.5 Å². The number of benzene rings is 1. The van der Waals surface area contributed by atoms with Crippen LogP contribution < -0.4 is 10.2 Å². The standard InChI is InChI=1S/C17H17N7/c18-10-13-4-1-2-6-15(13)23-8-3-5-14(11-23)21-16-17-22-20-12-24(17)9-7-19-16/h1-2,4,6-7,9,12,14H,3,5,8,11H2,(H,19,21). The van der Waals surface area contributed by atoms with Crippen LogP contribution >= 0.6 is 0 Å². The minimum Gasteiger partial charge on any atom is -0.368 e. The minimum atomic E-state index is 0.251. The molecule has 0 bridgehead atoms. The molecule has 3 aromatic rings. The molecular weight excluding hydrogens is 302 g/mol. The molecule has 24 heavy (non-hydrogen) atoms. The van der Waals surface area contributed by atoms with Crippen LogP contribution in [0.25, 0.3) is 5.65 Å². The molecule has 0 amide bonds. The van der Waals surface area contributed by atoms with Gasteiger partial charge in [-0.2, -0.15) is 5.26 Å². The summed E-state index contributed by atoms with van der Waals surface area (Å²) in [5, 5.41) is 20.9. The SMILES string of the molecule is N#Cc1ccccc1N1CCCC(Nc2nccn3cnnc23)C1. The normalized spacial score (nSPS) is 17.6. The second kappa shape index (κ2) is 6.16. The van der Waals surface area contributed by atoms with Crippen molar-refractivity contribution in [3.8, 4) is 6.07 Å². The third-order valence-electron chi connectivity index (χ3n) is 4.34. The molecule has 7 nitrogen and oxygen atoms in total. The molecule has 1 unspecified atom stereocenters. The fraction of sp³-hybridized carbons (Fsp3) is 0.294. The Bertz CT molecular complexity index is 895. The molecule has 2 aromatic heterocycles. The molecule has 0 saturated carbocycles. The maximum atomic E-state index is 9.32. The third-order valence-corrected chi connectivity index (χ3v) is 4.34. The van der Waals surface area contributed by atoms with Crippen LogP contribution in [0.3, 0.4) is 0 Å². The first-order chi connectivity index (χ1) is 11.8. The first-order valence-corrected chi connectivity index (χ1v) is 8.00. The molecule has 1 aromatic carbocycles. The lowest BCUT2D eigenvalue weighted by Gasteiger charge is -2.35. The second-order valence-corrected chi connectivity index (χ2v) is 5.90. The Balaban J connectivity index is 1.55. The Morgan fingerprint density at radius 2 is 2.21 bits per heavy atom. The molecule has 0 aliphatic carbocycles. The molecule has 120 valence electrons. The summed E-state index contributed by atoms with van der Waals surface area (Å²) in [7, 11) is 0. The molecule has 3 heterocycles. The molecule has 1 saturated heterocycles. The van der Waals surface area contributed by atoms with Crippen LogP contribution in [-0.4, -0.2) is 38.7 Å². The van der Waals surface area contributed by atoms with Crippen molar-refractivity contribution in [2.75, 3.05) is 23.3 Å². The molecule has 1 aliphatic heterocycles. The monoisotopic (exact) mass is 319 g/mol. The number of aromatic nitrogens is 4. The zero-order valence-electron chi connectivity index (χ0n) is 13.1. The highest BCUT2D eigenvalue weighted by atomic mass is 15.3. The fourth-order valence-electron chi connectivity index (χ4n) is 3.21. The highest BCUT2D eigenvalue weighted by Gasteiger charge is 2.22. The van der Waals surface area contributed by atoms with Crippen LogP contribution in [0.2, 0.25) is 0 Å². The van der Waals surface area contributed by atoms with Gasteiger partial charge in [-0.05, 0) is 25.0 Å². The van der Waals surface area contributed by atoms with Gasteiger partial charge in [-0.3, -0.25) is 4.40 Å². The highest BCUT2D eigenvalue weighted by molar-refractivity contribution is 5.63. The summed E-state index contributed by atoms with van der Waals surface area (Å²) in [4.78, 5) is 6.67. The third kappa shape index (κ3) is 2.63. The summed E-state index contributed by atoms with van der Waals surface area (Å²) in [6.07, 6.45) is 7.36. The predicted octanol–water partition coefficient (Wildman–Crippen LogP) is 2.08. The van der Waals surface area contributed by atoms with E-state index in [2.05, 4.69) is 31.5 Å². The molecule has 0 radical (unpaired) electrons. The molecule has 4 rings (SSSR count). The van der Waals surface area contributed by atoms with Gasteiger partial charge in [-0.25, -0.2) is 4.98 Å². The van der Waals surface area contributed by atoms with Crippen molar-refractivity contribution in [1.82, 2.24) is 19.6 Å². The van der Waals surface area contributed by atoms with Crippen molar-refractivity contribution in [1.29, 1.82) is 5.26 Å². The van der Waals surface area contributed by atoms with Crippen LogP contribution in [0.1, 0.15) is 18.4 Å². The quantitative estimate of drug-likeness (QED) is 0.796. The molecule has 1 fully saturated rings. The number of nitrogens with one attached hydrogen (secondary N) is 1. The van der Waals surface area contributed by atoms with E-state index in [0.717, 1.165) is 48.6 Å². The van der Waals surface area contributed by atoms with Gasteiger partial charge in [-0.15, -0.1) is 10.2 Å². The summed E-state index contributed by atoms with van der Waals surface area (Å²) in [5.74, 6) is 0.746. The second-order valence-electron chi connectivity index (χ2n) is 5.90. The number of hydrogen-bond acceptors (Lipinski definition) is 6. The van der Waals surface area contributed by atoms with E-state index in [1.165, 1.54) is 0 Å². The first-order valence-electron chi connectivity index (χ1n) is 8.00. The maximum Gasteiger partial charge on any atom is 0.203 e. The van der Waals surface area contributed by atoms with Gasteiger partial charge in [0, 0.05) is 31.5 Å². The Labute approximate surface area is 139 Å². The number of nitrogens with zero attached hydrogens (tertiary/aromatic N) is 6. The lowest BCUT2D eigenvalue weighted by molar-refractivity contribution is 0.529. The van der Waals surface area contributed by atoms with Crippen LogP contribution in [0, 0.1) is 11.3 Å². The number of rotatable bonds is 3.